The molecule has 0 unspecified atom stereocenters. The average Bonchev–Trinajstić information content (AvgIpc) is 3.87. The van der Waals surface area contributed by atoms with Crippen molar-refractivity contribution in [3.05, 3.63) is 138 Å². The van der Waals surface area contributed by atoms with Crippen LogP contribution in [0.3, 0.4) is 0 Å². The van der Waals surface area contributed by atoms with E-state index in [1.54, 1.807) is 0 Å². The van der Waals surface area contributed by atoms with Crippen LogP contribution in [0.1, 0.15) is 57.2 Å². The summed E-state index contributed by atoms with van der Waals surface area (Å²) in [5.74, 6) is 0. The van der Waals surface area contributed by atoms with E-state index in [1.165, 1.54) is 105 Å². The largest absolute Gasteiger partial charge is 0.440 e. The second kappa shape index (κ2) is 11.2. The Morgan fingerprint density at radius 2 is 1.36 bits per heavy atom. The Hall–Kier alpha value is -5.78. The van der Waals surface area contributed by atoms with Gasteiger partial charge in [0.15, 0.2) is 7.28 Å². The van der Waals surface area contributed by atoms with Crippen LogP contribution in [-0.4, -0.2) is 12.3 Å². The molecule has 269 valence electrons. The van der Waals surface area contributed by atoms with Crippen LogP contribution in [0.25, 0.3) is 75.0 Å². The normalized spacial score (nSPS) is 15.8. The van der Waals surface area contributed by atoms with E-state index in [9.17, 15) is 0 Å². The van der Waals surface area contributed by atoms with Gasteiger partial charge in [-0.25, -0.2) is 0 Å². The summed E-state index contributed by atoms with van der Waals surface area (Å²) in [7, 11) is 2.47. The third-order valence-corrected chi connectivity index (χ3v) is 14.4. The number of fused-ring (bicyclic) bond motifs is 12. The summed E-state index contributed by atoms with van der Waals surface area (Å²) < 4.78 is 9.07. The molecule has 0 bridgehead atoms. The molecule has 4 heterocycles. The van der Waals surface area contributed by atoms with Crippen molar-refractivity contribution >= 4 is 111 Å². The number of nitrogens with one attached hydrogen (secondary N) is 1. The summed E-state index contributed by atoms with van der Waals surface area (Å²) in [5, 5.41) is 8.56. The van der Waals surface area contributed by atoms with Gasteiger partial charge in [-0.3, -0.25) is 0 Å². The summed E-state index contributed by atoms with van der Waals surface area (Å²) in [6.07, 6.45) is 2.37. The summed E-state index contributed by atoms with van der Waals surface area (Å²) >= 11 is 1.89. The van der Waals surface area contributed by atoms with Crippen LogP contribution in [0.4, 0.5) is 17.1 Å². The zero-order valence-electron chi connectivity index (χ0n) is 32.3. The maximum Gasteiger partial charge on any atom is 0.206 e. The number of hydrogen-bond donors (Lipinski definition) is 1. The van der Waals surface area contributed by atoms with Gasteiger partial charge in [0.1, 0.15) is 5.58 Å². The van der Waals surface area contributed by atoms with Crippen molar-refractivity contribution in [3.63, 3.8) is 0 Å². The Morgan fingerprint density at radius 1 is 0.643 bits per heavy atom. The minimum absolute atomic E-state index is 0.0767. The van der Waals surface area contributed by atoms with E-state index in [0.717, 1.165) is 27.6 Å². The van der Waals surface area contributed by atoms with E-state index in [4.69, 9.17) is 4.42 Å². The van der Waals surface area contributed by atoms with Crippen molar-refractivity contribution in [1.82, 2.24) is 4.98 Å². The zero-order valence-corrected chi connectivity index (χ0v) is 33.1. The average molecular weight is 740 g/mol. The highest BCUT2D eigenvalue weighted by Crippen LogP contribution is 2.51. The maximum absolute atomic E-state index is 6.44. The molecular formula is C51H40BN2OS. The van der Waals surface area contributed by atoms with Crippen molar-refractivity contribution in [3.8, 4) is 11.1 Å². The number of benzene rings is 7. The zero-order chi connectivity index (χ0) is 37.7. The van der Waals surface area contributed by atoms with Gasteiger partial charge in [0, 0.05) is 53.6 Å². The van der Waals surface area contributed by atoms with Gasteiger partial charge in [-0.1, -0.05) is 118 Å². The monoisotopic (exact) mass is 739 g/mol. The molecule has 0 saturated heterocycles. The lowest BCUT2D eigenvalue weighted by Gasteiger charge is -2.44. The highest BCUT2D eigenvalue weighted by molar-refractivity contribution is 7.26. The number of H-pyrrole nitrogens is 1. The molecule has 0 spiro atoms. The lowest BCUT2D eigenvalue weighted by Crippen LogP contribution is -2.41. The summed E-state index contributed by atoms with van der Waals surface area (Å²) in [6, 6.07) is 45.3. The Morgan fingerprint density at radius 3 is 2.20 bits per heavy atom. The maximum atomic E-state index is 6.44. The fraction of sp³-hybridized carbons (Fsp3) is 0.176. The van der Waals surface area contributed by atoms with E-state index in [-0.39, 0.29) is 10.8 Å². The molecule has 2 aliphatic rings. The highest BCUT2D eigenvalue weighted by atomic mass is 32.1. The molecule has 0 fully saturated rings. The molecule has 12 rings (SSSR count). The standard InChI is InChI=1S/C51H40BN2OS/c1-28-23-36-37(51(4,5)22-21-50(36,2)3)26-39(28)54-40-25-35-31-15-9-11-20-43(31)56-44(35)27-38(40)52-47-41(54)24-29-13-6-7-14-30(29)45(47)33-17-12-18-34-46-32-16-8-10-19-42(32)55-49(46)53-48(33)34/h6-20,23-27,53H,21-22H2,1-5H3. The number of hydrogen-bond acceptors (Lipinski definition) is 3. The van der Waals surface area contributed by atoms with Gasteiger partial charge >= 0.3 is 0 Å². The van der Waals surface area contributed by atoms with Gasteiger partial charge in [-0.15, -0.1) is 11.3 Å². The van der Waals surface area contributed by atoms with Gasteiger partial charge in [0.25, 0.3) is 0 Å². The molecule has 1 aliphatic heterocycles. The van der Waals surface area contributed by atoms with Crippen molar-refractivity contribution < 1.29 is 4.42 Å². The van der Waals surface area contributed by atoms with Crippen LogP contribution in [-0.2, 0) is 10.8 Å². The van der Waals surface area contributed by atoms with Gasteiger partial charge in [0.2, 0.25) is 5.71 Å². The number of para-hydroxylation sites is 2. The van der Waals surface area contributed by atoms with Gasteiger partial charge in [-0.2, -0.15) is 0 Å². The minimum atomic E-state index is 0.0767. The molecule has 1 radical (unpaired) electrons. The quantitative estimate of drug-likeness (QED) is 0.179. The first-order chi connectivity index (χ1) is 27.1. The van der Waals surface area contributed by atoms with Gasteiger partial charge < -0.3 is 14.3 Å². The Bertz CT molecular complexity index is 3320. The fourth-order valence-corrected chi connectivity index (χ4v) is 11.3. The van der Waals surface area contributed by atoms with Gasteiger partial charge in [-0.05, 0) is 105 Å². The number of rotatable bonds is 2. The van der Waals surface area contributed by atoms with Crippen LogP contribution in [0.2, 0.25) is 0 Å². The molecule has 3 nitrogen and oxygen atoms in total. The van der Waals surface area contributed by atoms with Crippen LogP contribution in [0, 0.1) is 6.92 Å². The number of furan rings is 1. The number of anilines is 3. The Kier molecular flexibility index (Phi) is 6.48. The third kappa shape index (κ3) is 4.41. The fourth-order valence-electron chi connectivity index (χ4n) is 10.2. The molecule has 56 heavy (non-hydrogen) atoms. The second-order valence-corrected chi connectivity index (χ2v) is 18.6. The second-order valence-electron chi connectivity index (χ2n) is 17.5. The molecule has 0 saturated carbocycles. The molecule has 0 amide bonds. The molecule has 10 aromatic rings. The van der Waals surface area contributed by atoms with Crippen LogP contribution in [0.5, 0.6) is 0 Å². The van der Waals surface area contributed by atoms with E-state index >= 15 is 0 Å². The van der Waals surface area contributed by atoms with E-state index in [0.29, 0.717) is 0 Å². The summed E-state index contributed by atoms with van der Waals surface area (Å²) in [5.41, 5.74) is 15.9. The highest BCUT2D eigenvalue weighted by Gasteiger charge is 2.39. The summed E-state index contributed by atoms with van der Waals surface area (Å²) in [4.78, 5) is 6.38. The smallest absolute Gasteiger partial charge is 0.206 e. The Labute approximate surface area is 330 Å². The molecule has 1 aliphatic carbocycles. The number of aryl methyl sites for hydroxylation is 1. The van der Waals surface area contributed by atoms with Crippen LogP contribution < -0.4 is 15.8 Å². The first kappa shape index (κ1) is 32.5. The van der Waals surface area contributed by atoms with Crippen molar-refractivity contribution in [2.75, 3.05) is 4.90 Å². The van der Waals surface area contributed by atoms with Crippen molar-refractivity contribution in [2.24, 2.45) is 0 Å². The molecule has 5 heteroatoms. The molecule has 1 N–H and O–H groups in total. The lowest BCUT2D eigenvalue weighted by molar-refractivity contribution is 0.332. The number of nitrogens with zero attached hydrogens (tertiary/aromatic N) is 1. The van der Waals surface area contributed by atoms with Crippen molar-refractivity contribution in [1.29, 1.82) is 0 Å². The third-order valence-electron chi connectivity index (χ3n) is 13.2. The predicted octanol–water partition coefficient (Wildman–Crippen LogP) is 13.4. The predicted molar refractivity (Wildman–Crippen MR) is 241 cm³/mol. The SMILES string of the molecule is Cc1cc2c(cc1N1c3cc4c(cc3[B]c3c1cc1ccccc1c3-c1cccc3c1[nH]c1oc5ccccc5c13)sc1ccccc14)C(C)(C)CCC2(C)C. The topological polar surface area (TPSA) is 32.2 Å². The van der Waals surface area contributed by atoms with E-state index in [1.807, 2.05) is 17.4 Å². The number of aromatic nitrogens is 1. The van der Waals surface area contributed by atoms with Crippen LogP contribution in [0.15, 0.2) is 126 Å². The van der Waals surface area contributed by atoms with E-state index < -0.39 is 0 Å². The summed E-state index contributed by atoms with van der Waals surface area (Å²) in [6.45, 7) is 12.1. The molecule has 7 aromatic carbocycles. The number of aromatic amines is 1. The lowest BCUT2D eigenvalue weighted by atomic mass is 9.57. The van der Waals surface area contributed by atoms with E-state index in [2.05, 4.69) is 167 Å². The first-order valence-corrected chi connectivity index (χ1v) is 20.7. The molecular weight excluding hydrogens is 699 g/mol. The molecule has 0 atom stereocenters. The Balaban J connectivity index is 1.20. The number of thiophene rings is 1. The van der Waals surface area contributed by atoms with Gasteiger partial charge in [0.05, 0.1) is 10.9 Å². The first-order valence-electron chi connectivity index (χ1n) is 19.9. The minimum Gasteiger partial charge on any atom is -0.440 e. The van der Waals surface area contributed by atoms with Crippen LogP contribution >= 0.6 is 11.3 Å². The molecule has 3 aromatic heterocycles. The van der Waals surface area contributed by atoms with Crippen molar-refractivity contribution in [2.45, 2.75) is 58.3 Å².